The predicted molar refractivity (Wildman–Crippen MR) is 142 cm³/mol. The van der Waals surface area contributed by atoms with Gasteiger partial charge >= 0.3 is 0 Å². The maximum absolute atomic E-state index is 13.5. The van der Waals surface area contributed by atoms with E-state index in [-0.39, 0.29) is 11.0 Å². The first kappa shape index (κ1) is 25.9. The minimum Gasteiger partial charge on any atom is -0.494 e. The number of hydrogen-bond acceptors (Lipinski definition) is 5. The number of sulfonamides is 1. The predicted octanol–water partition coefficient (Wildman–Crippen LogP) is 5.89. The Bertz CT molecular complexity index is 1260. The summed E-state index contributed by atoms with van der Waals surface area (Å²) in [6.45, 7) is 1.93. The molecular weight excluding hydrogens is 500 g/mol. The highest BCUT2D eigenvalue weighted by molar-refractivity contribution is 7.92. The van der Waals surface area contributed by atoms with Crippen LogP contribution in [-0.2, 0) is 14.8 Å². The summed E-state index contributed by atoms with van der Waals surface area (Å²) in [5.74, 6) is 0.876. The first-order chi connectivity index (χ1) is 17.3. The monoisotopic (exact) mass is 528 g/mol. The lowest BCUT2D eigenvalue weighted by Crippen LogP contribution is -2.38. The number of rotatable bonds is 10. The smallest absolute Gasteiger partial charge is 0.264 e. The van der Waals surface area contributed by atoms with Gasteiger partial charge in [-0.2, -0.15) is 0 Å². The Labute approximate surface area is 217 Å². The fraction of sp³-hybridized carbons (Fsp3) is 0.296. The zero-order valence-corrected chi connectivity index (χ0v) is 21.6. The standard InChI is InChI=1S/C27H29ClN2O5S/c1-2-34-23-15-11-22(12-16-23)30(36(32,33)26-17-7-20(28)8-18-26)19-27(31)29-21-9-13-25(14-10-21)35-24-5-3-4-6-24/h7-18,24H,2-6,19H2,1H3,(H,29,31). The van der Waals surface area contributed by atoms with E-state index in [1.165, 1.54) is 37.1 Å². The second-order valence-electron chi connectivity index (χ2n) is 8.49. The highest BCUT2D eigenvalue weighted by Gasteiger charge is 2.27. The molecule has 36 heavy (non-hydrogen) atoms. The summed E-state index contributed by atoms with van der Waals surface area (Å²) in [5, 5.41) is 3.20. The molecule has 0 atom stereocenters. The van der Waals surface area contributed by atoms with E-state index >= 15 is 0 Å². The molecule has 0 spiro atoms. The van der Waals surface area contributed by atoms with Gasteiger partial charge in [-0.25, -0.2) is 8.42 Å². The summed E-state index contributed by atoms with van der Waals surface area (Å²) >= 11 is 5.94. The number of hydrogen-bond donors (Lipinski definition) is 1. The Morgan fingerprint density at radius 3 is 2.17 bits per heavy atom. The first-order valence-corrected chi connectivity index (χ1v) is 13.7. The third kappa shape index (κ3) is 6.50. The summed E-state index contributed by atoms with van der Waals surface area (Å²) in [6.07, 6.45) is 4.72. The van der Waals surface area contributed by atoms with Crippen molar-refractivity contribution in [2.45, 2.75) is 43.6 Å². The van der Waals surface area contributed by atoms with Crippen LogP contribution in [-0.4, -0.2) is 33.6 Å². The molecule has 1 N–H and O–H groups in total. The number of halogens is 1. The highest BCUT2D eigenvalue weighted by atomic mass is 35.5. The molecular formula is C27H29ClN2O5S. The van der Waals surface area contributed by atoms with Gasteiger partial charge in [0.2, 0.25) is 5.91 Å². The van der Waals surface area contributed by atoms with Crippen molar-refractivity contribution in [2.24, 2.45) is 0 Å². The lowest BCUT2D eigenvalue weighted by molar-refractivity contribution is -0.114. The molecule has 3 aromatic rings. The molecule has 1 aliphatic carbocycles. The van der Waals surface area contributed by atoms with Gasteiger partial charge in [0.25, 0.3) is 10.0 Å². The summed E-state index contributed by atoms with van der Waals surface area (Å²) in [6, 6.07) is 19.5. The molecule has 0 aliphatic heterocycles. The van der Waals surface area contributed by atoms with Crippen LogP contribution in [0.3, 0.4) is 0 Å². The van der Waals surface area contributed by atoms with Crippen LogP contribution in [0.5, 0.6) is 11.5 Å². The maximum Gasteiger partial charge on any atom is 0.264 e. The molecule has 0 unspecified atom stereocenters. The minimum absolute atomic E-state index is 0.0296. The minimum atomic E-state index is -4.05. The number of benzene rings is 3. The molecule has 9 heteroatoms. The molecule has 0 bridgehead atoms. The molecule has 1 amide bonds. The third-order valence-electron chi connectivity index (χ3n) is 5.87. The number of amides is 1. The van der Waals surface area contributed by atoms with Gasteiger partial charge in [0.1, 0.15) is 18.0 Å². The van der Waals surface area contributed by atoms with E-state index in [9.17, 15) is 13.2 Å². The zero-order chi connectivity index (χ0) is 25.5. The average molecular weight is 529 g/mol. The van der Waals surface area contributed by atoms with Crippen LogP contribution in [0.25, 0.3) is 0 Å². The normalized spacial score (nSPS) is 13.8. The fourth-order valence-electron chi connectivity index (χ4n) is 4.07. The van der Waals surface area contributed by atoms with Crippen molar-refractivity contribution in [3.05, 3.63) is 77.8 Å². The topological polar surface area (TPSA) is 84.9 Å². The van der Waals surface area contributed by atoms with Gasteiger partial charge in [-0.3, -0.25) is 9.10 Å². The third-order valence-corrected chi connectivity index (χ3v) is 7.91. The lowest BCUT2D eigenvalue weighted by atomic mass is 10.2. The van der Waals surface area contributed by atoms with Gasteiger partial charge in [0, 0.05) is 10.7 Å². The van der Waals surface area contributed by atoms with E-state index in [4.69, 9.17) is 21.1 Å². The van der Waals surface area contributed by atoms with Crippen molar-refractivity contribution >= 4 is 38.9 Å². The highest BCUT2D eigenvalue weighted by Crippen LogP contribution is 2.28. The number of carbonyl (C=O) groups is 1. The van der Waals surface area contributed by atoms with Gasteiger partial charge < -0.3 is 14.8 Å². The Hall–Kier alpha value is -3.23. The van der Waals surface area contributed by atoms with E-state index in [0.717, 1.165) is 22.9 Å². The van der Waals surface area contributed by atoms with Crippen LogP contribution in [0.1, 0.15) is 32.6 Å². The maximum atomic E-state index is 13.5. The van der Waals surface area contributed by atoms with Gasteiger partial charge in [0.15, 0.2) is 0 Å². The quantitative estimate of drug-likeness (QED) is 0.354. The van der Waals surface area contributed by atoms with Crippen LogP contribution in [0, 0.1) is 0 Å². The summed E-state index contributed by atoms with van der Waals surface area (Å²) in [4.78, 5) is 13.0. The molecule has 1 aliphatic rings. The largest absolute Gasteiger partial charge is 0.494 e. The summed E-state index contributed by atoms with van der Waals surface area (Å²) in [5.41, 5.74) is 0.887. The van der Waals surface area contributed by atoms with Crippen molar-refractivity contribution in [3.8, 4) is 11.5 Å². The second kappa shape index (κ2) is 11.7. The van der Waals surface area contributed by atoms with Crippen molar-refractivity contribution in [1.29, 1.82) is 0 Å². The van der Waals surface area contributed by atoms with Gasteiger partial charge in [-0.1, -0.05) is 11.6 Å². The fourth-order valence-corrected chi connectivity index (χ4v) is 5.62. The number of carbonyl (C=O) groups excluding carboxylic acids is 1. The van der Waals surface area contributed by atoms with Gasteiger partial charge in [-0.15, -0.1) is 0 Å². The number of nitrogens with zero attached hydrogens (tertiary/aromatic N) is 1. The Morgan fingerprint density at radius 2 is 1.56 bits per heavy atom. The first-order valence-electron chi connectivity index (χ1n) is 11.9. The molecule has 1 saturated carbocycles. The molecule has 0 radical (unpaired) electrons. The number of anilines is 2. The second-order valence-corrected chi connectivity index (χ2v) is 10.8. The Morgan fingerprint density at radius 1 is 0.944 bits per heavy atom. The molecule has 7 nitrogen and oxygen atoms in total. The van der Waals surface area contributed by atoms with Crippen LogP contribution in [0.2, 0.25) is 5.02 Å². The van der Waals surface area contributed by atoms with Crippen LogP contribution < -0.4 is 19.1 Å². The SMILES string of the molecule is CCOc1ccc(N(CC(=O)Nc2ccc(OC3CCCC3)cc2)S(=O)(=O)c2ccc(Cl)cc2)cc1. The van der Waals surface area contributed by atoms with Crippen LogP contribution in [0.4, 0.5) is 11.4 Å². The number of nitrogens with one attached hydrogen (secondary N) is 1. The van der Waals surface area contributed by atoms with Crippen molar-refractivity contribution < 1.29 is 22.7 Å². The zero-order valence-electron chi connectivity index (χ0n) is 20.0. The molecule has 4 rings (SSSR count). The van der Waals surface area contributed by atoms with Gasteiger partial charge in [0.05, 0.1) is 23.3 Å². The molecule has 190 valence electrons. The summed E-state index contributed by atoms with van der Waals surface area (Å²) < 4.78 is 39.5. The van der Waals surface area contributed by atoms with E-state index in [1.807, 2.05) is 19.1 Å². The molecule has 0 aromatic heterocycles. The van der Waals surface area contributed by atoms with Crippen molar-refractivity contribution in [3.63, 3.8) is 0 Å². The van der Waals surface area contributed by atoms with E-state index in [0.29, 0.717) is 28.8 Å². The Kier molecular flexibility index (Phi) is 8.38. The van der Waals surface area contributed by atoms with Crippen LogP contribution >= 0.6 is 11.6 Å². The number of ether oxygens (including phenoxy) is 2. The molecule has 0 heterocycles. The lowest BCUT2D eigenvalue weighted by Gasteiger charge is -2.24. The van der Waals surface area contributed by atoms with E-state index in [1.54, 1.807) is 36.4 Å². The van der Waals surface area contributed by atoms with Crippen LogP contribution in [0.15, 0.2) is 77.7 Å². The van der Waals surface area contributed by atoms with Crippen molar-refractivity contribution in [2.75, 3.05) is 22.8 Å². The van der Waals surface area contributed by atoms with Crippen molar-refractivity contribution in [1.82, 2.24) is 0 Å². The average Bonchev–Trinajstić information content (AvgIpc) is 3.38. The molecule has 0 saturated heterocycles. The molecule has 3 aromatic carbocycles. The van der Waals surface area contributed by atoms with Gasteiger partial charge in [-0.05, 0) is 105 Å². The van der Waals surface area contributed by atoms with E-state index in [2.05, 4.69) is 5.32 Å². The van der Waals surface area contributed by atoms with E-state index < -0.39 is 22.5 Å². The molecule has 1 fully saturated rings. The Balaban J connectivity index is 1.52. The summed E-state index contributed by atoms with van der Waals surface area (Å²) in [7, 11) is -4.05.